The maximum absolute atomic E-state index is 2.31. The van der Waals surface area contributed by atoms with Crippen molar-refractivity contribution in [2.45, 2.75) is 129 Å². The molecular weight excluding hydrogens is 302 g/mol. The molecule has 0 aromatic carbocycles. The minimum atomic E-state index is 1.37. The van der Waals surface area contributed by atoms with E-state index in [-0.39, 0.29) is 0 Å². The average molecular weight is 353 g/mol. The molecule has 0 aromatic rings. The largest absolute Gasteiger partial charge is 0.324 e. The summed E-state index contributed by atoms with van der Waals surface area (Å²) in [5.74, 6) is 0. The van der Waals surface area contributed by atoms with Crippen LogP contribution < -0.4 is 0 Å². The van der Waals surface area contributed by atoms with E-state index in [9.17, 15) is 0 Å². The number of likely N-dealkylation sites (tertiary alicyclic amines) is 1. The van der Waals surface area contributed by atoms with Crippen LogP contribution in [0.15, 0.2) is 0 Å². The van der Waals surface area contributed by atoms with Crippen LogP contribution in [0.4, 0.5) is 0 Å². The summed E-state index contributed by atoms with van der Waals surface area (Å²) < 4.78 is 1.49. The van der Waals surface area contributed by atoms with Crippen molar-refractivity contribution in [2.24, 2.45) is 0 Å². The van der Waals surface area contributed by atoms with Gasteiger partial charge in [0.2, 0.25) is 0 Å². The highest BCUT2D eigenvalue weighted by Crippen LogP contribution is 2.23. The highest BCUT2D eigenvalue weighted by atomic mass is 15.4. The van der Waals surface area contributed by atoms with Crippen molar-refractivity contribution < 1.29 is 4.48 Å². The first kappa shape index (κ1) is 23.0. The molecule has 0 amide bonds. The fourth-order valence-electron chi connectivity index (χ4n) is 4.73. The molecule has 0 unspecified atom stereocenters. The van der Waals surface area contributed by atoms with Gasteiger partial charge >= 0.3 is 0 Å². The van der Waals surface area contributed by atoms with Gasteiger partial charge in [-0.05, 0) is 25.7 Å². The summed E-state index contributed by atoms with van der Waals surface area (Å²) in [6.45, 7) is 10.6. The van der Waals surface area contributed by atoms with Crippen molar-refractivity contribution in [3.63, 3.8) is 0 Å². The summed E-state index contributed by atoms with van der Waals surface area (Å²) in [6.07, 6.45) is 26.4. The SMILES string of the molecule is CCCCCCCCCCC[N+]1(CCCCCCCCC)CCCC1. The molecule has 1 fully saturated rings. The molecule has 0 aromatic heterocycles. The number of nitrogens with zero attached hydrogens (tertiary/aromatic N) is 1. The Labute approximate surface area is 160 Å². The number of quaternary nitrogens is 1. The maximum atomic E-state index is 2.31. The van der Waals surface area contributed by atoms with Crippen LogP contribution in [0, 0.1) is 0 Å². The van der Waals surface area contributed by atoms with Crippen LogP contribution in [-0.2, 0) is 0 Å². The summed E-state index contributed by atoms with van der Waals surface area (Å²) in [7, 11) is 0. The molecule has 1 nitrogen and oxygen atoms in total. The predicted molar refractivity (Wildman–Crippen MR) is 114 cm³/mol. The first-order chi connectivity index (χ1) is 12.3. The minimum absolute atomic E-state index is 1.37. The lowest BCUT2D eigenvalue weighted by molar-refractivity contribution is -0.917. The fraction of sp³-hybridized carbons (Fsp3) is 1.00. The molecule has 0 atom stereocenters. The average Bonchev–Trinajstić information content (AvgIpc) is 3.08. The highest BCUT2D eigenvalue weighted by Gasteiger charge is 2.30. The van der Waals surface area contributed by atoms with Gasteiger partial charge in [-0.3, -0.25) is 0 Å². The molecule has 0 spiro atoms. The van der Waals surface area contributed by atoms with Gasteiger partial charge in [-0.15, -0.1) is 0 Å². The second-order valence-electron chi connectivity index (χ2n) is 8.89. The lowest BCUT2D eigenvalue weighted by atomic mass is 10.1. The third-order valence-corrected chi connectivity index (χ3v) is 6.49. The van der Waals surface area contributed by atoms with E-state index >= 15 is 0 Å². The number of hydrogen-bond acceptors (Lipinski definition) is 0. The first-order valence-corrected chi connectivity index (χ1v) is 12.2. The van der Waals surface area contributed by atoms with Crippen molar-refractivity contribution in [3.8, 4) is 0 Å². The Balaban J connectivity index is 2.01. The summed E-state index contributed by atoms with van der Waals surface area (Å²) >= 11 is 0. The van der Waals surface area contributed by atoms with E-state index in [1.54, 1.807) is 0 Å². The van der Waals surface area contributed by atoms with Gasteiger partial charge in [0.05, 0.1) is 26.2 Å². The van der Waals surface area contributed by atoms with E-state index in [4.69, 9.17) is 0 Å². The Morgan fingerprint density at radius 3 is 1.12 bits per heavy atom. The van der Waals surface area contributed by atoms with Crippen molar-refractivity contribution in [2.75, 3.05) is 26.2 Å². The molecular formula is C24H50N+. The van der Waals surface area contributed by atoms with Gasteiger partial charge in [0, 0.05) is 12.8 Å². The lowest BCUT2D eigenvalue weighted by Gasteiger charge is -2.34. The fourth-order valence-corrected chi connectivity index (χ4v) is 4.73. The Bertz CT molecular complexity index is 267. The first-order valence-electron chi connectivity index (χ1n) is 12.2. The lowest BCUT2D eigenvalue weighted by Crippen LogP contribution is -2.46. The van der Waals surface area contributed by atoms with Crippen LogP contribution in [0.25, 0.3) is 0 Å². The van der Waals surface area contributed by atoms with E-state index in [0.29, 0.717) is 0 Å². The van der Waals surface area contributed by atoms with E-state index < -0.39 is 0 Å². The Morgan fingerprint density at radius 1 is 0.440 bits per heavy atom. The molecule has 1 saturated heterocycles. The van der Waals surface area contributed by atoms with Gasteiger partial charge in [0.15, 0.2) is 0 Å². The van der Waals surface area contributed by atoms with Crippen LogP contribution in [0.1, 0.15) is 129 Å². The smallest absolute Gasteiger partial charge is 0.0788 e. The predicted octanol–water partition coefficient (Wildman–Crippen LogP) is 7.88. The van der Waals surface area contributed by atoms with Gasteiger partial charge in [0.1, 0.15) is 0 Å². The van der Waals surface area contributed by atoms with Gasteiger partial charge in [-0.25, -0.2) is 0 Å². The monoisotopic (exact) mass is 352 g/mol. The molecule has 1 heterocycles. The van der Waals surface area contributed by atoms with E-state index in [1.807, 2.05) is 0 Å². The number of hydrogen-bond donors (Lipinski definition) is 0. The molecule has 0 bridgehead atoms. The molecule has 1 rings (SSSR count). The molecule has 0 saturated carbocycles. The molecule has 150 valence electrons. The Morgan fingerprint density at radius 2 is 0.760 bits per heavy atom. The summed E-state index contributed by atoms with van der Waals surface area (Å²) in [5, 5.41) is 0. The molecule has 1 aliphatic heterocycles. The van der Waals surface area contributed by atoms with Crippen LogP contribution in [-0.4, -0.2) is 30.7 Å². The minimum Gasteiger partial charge on any atom is -0.324 e. The molecule has 0 radical (unpaired) electrons. The van der Waals surface area contributed by atoms with E-state index in [0.717, 1.165) is 0 Å². The zero-order valence-electron chi connectivity index (χ0n) is 18.0. The second kappa shape index (κ2) is 16.2. The standard InChI is InChI=1S/C24H50N/c1-3-5-7-9-11-12-14-16-18-22-25(23-19-20-24-25)21-17-15-13-10-8-6-4-2/h3-24H2,1-2H3/q+1. The molecule has 1 aliphatic rings. The van der Waals surface area contributed by atoms with Crippen LogP contribution >= 0.6 is 0 Å². The summed E-state index contributed by atoms with van der Waals surface area (Å²) in [5.41, 5.74) is 0. The zero-order chi connectivity index (χ0) is 18.1. The third-order valence-electron chi connectivity index (χ3n) is 6.49. The molecule has 25 heavy (non-hydrogen) atoms. The number of rotatable bonds is 18. The van der Waals surface area contributed by atoms with Crippen molar-refractivity contribution >= 4 is 0 Å². The van der Waals surface area contributed by atoms with Gasteiger partial charge in [-0.2, -0.15) is 0 Å². The van der Waals surface area contributed by atoms with Crippen LogP contribution in [0.5, 0.6) is 0 Å². The summed E-state index contributed by atoms with van der Waals surface area (Å²) in [6, 6.07) is 0. The van der Waals surface area contributed by atoms with Crippen LogP contribution in [0.2, 0.25) is 0 Å². The van der Waals surface area contributed by atoms with Crippen molar-refractivity contribution in [1.29, 1.82) is 0 Å². The molecule has 1 heteroatoms. The number of unbranched alkanes of at least 4 members (excludes halogenated alkanes) is 14. The quantitative estimate of drug-likeness (QED) is 0.174. The Kier molecular flexibility index (Phi) is 14.9. The molecule has 0 aliphatic carbocycles. The maximum Gasteiger partial charge on any atom is 0.0788 e. The van der Waals surface area contributed by atoms with Crippen LogP contribution in [0.3, 0.4) is 0 Å². The van der Waals surface area contributed by atoms with Gasteiger partial charge < -0.3 is 4.48 Å². The van der Waals surface area contributed by atoms with Crippen molar-refractivity contribution in [3.05, 3.63) is 0 Å². The van der Waals surface area contributed by atoms with E-state index in [1.165, 1.54) is 146 Å². The molecule has 0 N–H and O–H groups in total. The Hall–Kier alpha value is -0.0400. The van der Waals surface area contributed by atoms with Crippen molar-refractivity contribution in [1.82, 2.24) is 0 Å². The highest BCUT2D eigenvalue weighted by molar-refractivity contribution is 4.57. The van der Waals surface area contributed by atoms with Gasteiger partial charge in [0.25, 0.3) is 0 Å². The van der Waals surface area contributed by atoms with Gasteiger partial charge in [-0.1, -0.05) is 90.9 Å². The van der Waals surface area contributed by atoms with E-state index in [2.05, 4.69) is 13.8 Å². The topological polar surface area (TPSA) is 0 Å². The second-order valence-corrected chi connectivity index (χ2v) is 8.89. The third kappa shape index (κ3) is 12.1. The summed E-state index contributed by atoms with van der Waals surface area (Å²) in [4.78, 5) is 0. The normalized spacial score (nSPS) is 16.6. The zero-order valence-corrected chi connectivity index (χ0v) is 18.0.